The summed E-state index contributed by atoms with van der Waals surface area (Å²) in [6.45, 7) is 6.84. The summed E-state index contributed by atoms with van der Waals surface area (Å²) in [6, 6.07) is 1.75. The topological polar surface area (TPSA) is 122 Å². The van der Waals surface area contributed by atoms with E-state index in [2.05, 4.69) is 15.2 Å². The molecule has 1 aliphatic heterocycles. The van der Waals surface area contributed by atoms with Crippen molar-refractivity contribution in [2.75, 3.05) is 15.8 Å². The minimum Gasteiger partial charge on any atom is -0.507 e. The van der Waals surface area contributed by atoms with E-state index in [0.29, 0.717) is 28.3 Å². The fourth-order valence-electron chi connectivity index (χ4n) is 3.03. The van der Waals surface area contributed by atoms with Gasteiger partial charge in [0.05, 0.1) is 15.5 Å². The van der Waals surface area contributed by atoms with Crippen LogP contribution in [0.25, 0.3) is 0 Å². The molecule has 3 N–H and O–H groups in total. The number of anilines is 2. The first-order chi connectivity index (χ1) is 13.5. The van der Waals surface area contributed by atoms with E-state index in [1.165, 1.54) is 0 Å². The summed E-state index contributed by atoms with van der Waals surface area (Å²) in [5, 5.41) is 16.6. The SMILES string of the molecule is Cc1cc(C)c(NC(=O)C2=C(S(=O)(=O)Nc3onc(C)c3Cl)CCS2)c(C)c1O. The molecule has 1 aromatic carbocycles. The first kappa shape index (κ1) is 21.5. The van der Waals surface area contributed by atoms with Crippen molar-refractivity contribution < 1.29 is 22.8 Å². The Hall–Kier alpha value is -2.17. The standard InChI is InChI=1S/C18H20ClN3O5S2/c1-8-7-9(2)15(23)10(3)14(8)20-17(24)16-12(5-6-28-16)29(25,26)22-18-13(19)11(4)21-27-18/h7,22-23H,5-6H2,1-4H3,(H,20,24). The van der Waals surface area contributed by atoms with Gasteiger partial charge in [0.1, 0.15) is 16.5 Å². The molecular weight excluding hydrogens is 438 g/mol. The molecule has 2 heterocycles. The third-order valence-electron chi connectivity index (χ3n) is 4.55. The Labute approximate surface area is 177 Å². The van der Waals surface area contributed by atoms with Gasteiger partial charge < -0.3 is 14.9 Å². The Kier molecular flexibility index (Phi) is 5.88. The van der Waals surface area contributed by atoms with Gasteiger partial charge in [-0.05, 0) is 45.2 Å². The molecule has 1 aliphatic rings. The number of benzene rings is 1. The first-order valence-electron chi connectivity index (χ1n) is 8.64. The van der Waals surface area contributed by atoms with E-state index < -0.39 is 15.9 Å². The van der Waals surface area contributed by atoms with Crippen LogP contribution in [-0.4, -0.2) is 30.3 Å². The minimum absolute atomic E-state index is 0.0447. The second-order valence-electron chi connectivity index (χ2n) is 6.68. The predicted octanol–water partition coefficient (Wildman–Crippen LogP) is 4.00. The van der Waals surface area contributed by atoms with Gasteiger partial charge in [-0.3, -0.25) is 4.79 Å². The number of carbonyl (C=O) groups excluding carboxylic acids is 1. The lowest BCUT2D eigenvalue weighted by Crippen LogP contribution is -2.20. The smallest absolute Gasteiger partial charge is 0.263 e. The molecule has 1 aromatic heterocycles. The van der Waals surface area contributed by atoms with Gasteiger partial charge in [-0.15, -0.1) is 11.8 Å². The number of aryl methyl sites for hydroxylation is 3. The highest BCUT2D eigenvalue weighted by atomic mass is 35.5. The predicted molar refractivity (Wildman–Crippen MR) is 114 cm³/mol. The Morgan fingerprint density at radius 3 is 2.59 bits per heavy atom. The highest BCUT2D eigenvalue weighted by molar-refractivity contribution is 8.06. The van der Waals surface area contributed by atoms with E-state index in [-0.39, 0.29) is 32.9 Å². The van der Waals surface area contributed by atoms with E-state index in [1.54, 1.807) is 33.8 Å². The Bertz CT molecular complexity index is 1140. The van der Waals surface area contributed by atoms with Crippen LogP contribution in [0.1, 0.15) is 28.8 Å². The number of nitrogens with one attached hydrogen (secondary N) is 2. The fraction of sp³-hybridized carbons (Fsp3) is 0.333. The number of thioether (sulfide) groups is 1. The fourth-order valence-corrected chi connectivity index (χ4v) is 6.01. The summed E-state index contributed by atoms with van der Waals surface area (Å²) < 4.78 is 32.8. The maximum Gasteiger partial charge on any atom is 0.263 e. The molecule has 0 radical (unpaired) electrons. The number of halogens is 1. The molecule has 0 fully saturated rings. The van der Waals surface area contributed by atoms with Crippen LogP contribution in [0.4, 0.5) is 11.6 Å². The van der Waals surface area contributed by atoms with Crippen LogP contribution >= 0.6 is 23.4 Å². The van der Waals surface area contributed by atoms with Gasteiger partial charge in [0.2, 0.25) is 0 Å². The third kappa shape index (κ3) is 4.10. The molecule has 0 unspecified atom stereocenters. The number of carbonyl (C=O) groups is 1. The number of hydrogen-bond donors (Lipinski definition) is 3. The van der Waals surface area contributed by atoms with Gasteiger partial charge in [-0.2, -0.15) is 0 Å². The molecule has 1 amide bonds. The van der Waals surface area contributed by atoms with Crippen LogP contribution in [-0.2, 0) is 14.8 Å². The molecular formula is C18H20ClN3O5S2. The second-order valence-corrected chi connectivity index (χ2v) is 9.87. The maximum atomic E-state index is 12.9. The zero-order chi connectivity index (χ0) is 21.5. The number of sulfonamides is 1. The number of amides is 1. The van der Waals surface area contributed by atoms with Crippen LogP contribution in [0.3, 0.4) is 0 Å². The highest BCUT2D eigenvalue weighted by Gasteiger charge is 2.33. The lowest BCUT2D eigenvalue weighted by Gasteiger charge is -2.15. The Morgan fingerprint density at radius 2 is 1.97 bits per heavy atom. The van der Waals surface area contributed by atoms with E-state index in [1.807, 2.05) is 0 Å². The molecule has 0 saturated heterocycles. The van der Waals surface area contributed by atoms with Crippen molar-refractivity contribution in [3.8, 4) is 5.75 Å². The van der Waals surface area contributed by atoms with Gasteiger partial charge in [0.25, 0.3) is 21.8 Å². The van der Waals surface area contributed by atoms with Crippen LogP contribution in [0.2, 0.25) is 5.02 Å². The van der Waals surface area contributed by atoms with E-state index in [0.717, 1.165) is 17.3 Å². The minimum atomic E-state index is -4.06. The van der Waals surface area contributed by atoms with Crippen molar-refractivity contribution in [2.24, 2.45) is 0 Å². The van der Waals surface area contributed by atoms with Crippen LogP contribution in [0.5, 0.6) is 5.75 Å². The number of aromatic hydroxyl groups is 1. The number of phenols is 1. The number of hydrogen-bond acceptors (Lipinski definition) is 7. The molecule has 11 heteroatoms. The third-order valence-corrected chi connectivity index (χ3v) is 7.76. The number of rotatable bonds is 5. The van der Waals surface area contributed by atoms with E-state index >= 15 is 0 Å². The molecule has 3 rings (SSSR count). The first-order valence-corrected chi connectivity index (χ1v) is 11.5. The van der Waals surface area contributed by atoms with Crippen LogP contribution in [0, 0.1) is 27.7 Å². The average molecular weight is 458 g/mol. The molecule has 0 atom stereocenters. The summed E-state index contributed by atoms with van der Waals surface area (Å²) in [5.41, 5.74) is 2.78. The lowest BCUT2D eigenvalue weighted by atomic mass is 10.0. The maximum absolute atomic E-state index is 12.9. The van der Waals surface area contributed by atoms with Gasteiger partial charge in [0.15, 0.2) is 0 Å². The van der Waals surface area contributed by atoms with E-state index in [4.69, 9.17) is 16.1 Å². The normalized spacial score (nSPS) is 14.4. The van der Waals surface area contributed by atoms with Crippen molar-refractivity contribution in [3.63, 3.8) is 0 Å². The van der Waals surface area contributed by atoms with Gasteiger partial charge in [-0.1, -0.05) is 22.8 Å². The number of phenolic OH excluding ortho intramolecular Hbond substituents is 1. The largest absolute Gasteiger partial charge is 0.507 e. The summed E-state index contributed by atoms with van der Waals surface area (Å²) in [4.78, 5) is 12.9. The molecule has 2 aromatic rings. The van der Waals surface area contributed by atoms with Crippen molar-refractivity contribution in [3.05, 3.63) is 43.3 Å². The van der Waals surface area contributed by atoms with Crippen molar-refractivity contribution in [1.82, 2.24) is 5.16 Å². The Morgan fingerprint density at radius 1 is 1.28 bits per heavy atom. The number of aromatic nitrogens is 1. The molecule has 156 valence electrons. The van der Waals surface area contributed by atoms with Crippen LogP contribution in [0.15, 0.2) is 20.4 Å². The molecule has 29 heavy (non-hydrogen) atoms. The van der Waals surface area contributed by atoms with Crippen molar-refractivity contribution in [1.29, 1.82) is 0 Å². The van der Waals surface area contributed by atoms with Crippen molar-refractivity contribution in [2.45, 2.75) is 34.1 Å². The lowest BCUT2D eigenvalue weighted by molar-refractivity contribution is -0.112. The molecule has 0 saturated carbocycles. The number of nitrogens with zero attached hydrogens (tertiary/aromatic N) is 1. The van der Waals surface area contributed by atoms with E-state index in [9.17, 15) is 18.3 Å². The van der Waals surface area contributed by atoms with Gasteiger partial charge in [-0.25, -0.2) is 13.1 Å². The second kappa shape index (κ2) is 7.92. The summed E-state index contributed by atoms with van der Waals surface area (Å²) in [5.74, 6) is -0.214. The summed E-state index contributed by atoms with van der Waals surface area (Å²) in [6.07, 6.45) is 0.185. The average Bonchev–Trinajstić information content (AvgIpc) is 3.26. The quantitative estimate of drug-likeness (QED) is 0.620. The zero-order valence-electron chi connectivity index (χ0n) is 16.2. The molecule has 0 spiro atoms. The van der Waals surface area contributed by atoms with Crippen molar-refractivity contribution >= 4 is 50.9 Å². The summed E-state index contributed by atoms with van der Waals surface area (Å²) >= 11 is 7.13. The summed E-state index contributed by atoms with van der Waals surface area (Å²) in [7, 11) is -4.06. The monoisotopic (exact) mass is 457 g/mol. The zero-order valence-corrected chi connectivity index (χ0v) is 18.6. The van der Waals surface area contributed by atoms with Gasteiger partial charge >= 0.3 is 0 Å². The molecule has 0 aliphatic carbocycles. The molecule has 0 bridgehead atoms. The Balaban J connectivity index is 1.93. The molecule has 8 nitrogen and oxygen atoms in total. The van der Waals surface area contributed by atoms with Crippen LogP contribution < -0.4 is 10.0 Å². The van der Waals surface area contributed by atoms with Gasteiger partial charge in [0, 0.05) is 11.3 Å². The highest BCUT2D eigenvalue weighted by Crippen LogP contribution is 2.38. The number of allylic oxidation sites excluding steroid dienone is 1.